The summed E-state index contributed by atoms with van der Waals surface area (Å²) < 4.78 is 14.4. The number of hydrogen-bond donors (Lipinski definition) is 1. The number of rotatable bonds is 2. The third-order valence-corrected chi connectivity index (χ3v) is 4.53. The topological polar surface area (TPSA) is 18.5 Å². The summed E-state index contributed by atoms with van der Waals surface area (Å²) in [5.41, 5.74) is 1.86. The number of likely N-dealkylation sites (N-methyl/N-ethyl adjacent to an activating group) is 1. The van der Waals surface area contributed by atoms with Crippen LogP contribution in [0, 0.1) is 5.82 Å². The van der Waals surface area contributed by atoms with E-state index in [-0.39, 0.29) is 5.82 Å². The van der Waals surface area contributed by atoms with Crippen LogP contribution in [0.3, 0.4) is 0 Å². The molecular formula is C16H24FN3. The maximum atomic E-state index is 14.4. The lowest BCUT2D eigenvalue weighted by atomic mass is 9.97. The highest BCUT2D eigenvalue weighted by Gasteiger charge is 2.20. The third kappa shape index (κ3) is 2.96. The summed E-state index contributed by atoms with van der Waals surface area (Å²) in [6.07, 6.45) is 3.59. The normalized spacial score (nSPS) is 24.9. The molecule has 0 aliphatic carbocycles. The summed E-state index contributed by atoms with van der Waals surface area (Å²) in [5, 5.41) is 3.48. The molecule has 1 aromatic carbocycles. The molecule has 1 aromatic rings. The van der Waals surface area contributed by atoms with Gasteiger partial charge in [0.2, 0.25) is 0 Å². The molecule has 2 heterocycles. The van der Waals surface area contributed by atoms with Gasteiger partial charge >= 0.3 is 0 Å². The summed E-state index contributed by atoms with van der Waals surface area (Å²) in [6.45, 7) is 4.88. The van der Waals surface area contributed by atoms with E-state index in [0.29, 0.717) is 6.04 Å². The van der Waals surface area contributed by atoms with E-state index < -0.39 is 0 Å². The molecule has 2 aliphatic heterocycles. The van der Waals surface area contributed by atoms with Gasteiger partial charge in [-0.2, -0.15) is 0 Å². The van der Waals surface area contributed by atoms with Crippen molar-refractivity contribution in [3.63, 3.8) is 0 Å². The molecule has 20 heavy (non-hydrogen) atoms. The highest BCUT2D eigenvalue weighted by Crippen LogP contribution is 2.28. The third-order valence-electron chi connectivity index (χ3n) is 4.53. The van der Waals surface area contributed by atoms with Gasteiger partial charge in [-0.25, -0.2) is 4.39 Å². The van der Waals surface area contributed by atoms with E-state index in [2.05, 4.69) is 28.2 Å². The maximum Gasteiger partial charge on any atom is 0.146 e. The Labute approximate surface area is 120 Å². The minimum absolute atomic E-state index is 0.0700. The number of anilines is 1. The SMILES string of the molecule is CN1CCN(c2ccc(C3CCCCN3)cc2F)CC1. The first-order valence-corrected chi connectivity index (χ1v) is 7.70. The highest BCUT2D eigenvalue weighted by molar-refractivity contribution is 5.50. The van der Waals surface area contributed by atoms with Gasteiger partial charge in [-0.15, -0.1) is 0 Å². The van der Waals surface area contributed by atoms with Crippen molar-refractivity contribution in [2.75, 3.05) is 44.7 Å². The van der Waals surface area contributed by atoms with Crippen LogP contribution < -0.4 is 10.2 Å². The largest absolute Gasteiger partial charge is 0.367 e. The van der Waals surface area contributed by atoms with Crippen molar-refractivity contribution in [3.05, 3.63) is 29.6 Å². The molecule has 1 unspecified atom stereocenters. The number of piperidine rings is 1. The summed E-state index contributed by atoms with van der Waals surface area (Å²) >= 11 is 0. The first kappa shape index (κ1) is 13.8. The Morgan fingerprint density at radius 3 is 2.60 bits per heavy atom. The van der Waals surface area contributed by atoms with Crippen LogP contribution in [0.15, 0.2) is 18.2 Å². The fraction of sp³-hybridized carbons (Fsp3) is 0.625. The highest BCUT2D eigenvalue weighted by atomic mass is 19.1. The van der Waals surface area contributed by atoms with Gasteiger partial charge in [0.1, 0.15) is 5.82 Å². The molecule has 3 nitrogen and oxygen atoms in total. The van der Waals surface area contributed by atoms with E-state index in [9.17, 15) is 4.39 Å². The minimum atomic E-state index is -0.0700. The van der Waals surface area contributed by atoms with Crippen LogP contribution in [-0.2, 0) is 0 Å². The van der Waals surface area contributed by atoms with Gasteiger partial charge in [0.25, 0.3) is 0 Å². The zero-order valence-electron chi connectivity index (χ0n) is 12.2. The average Bonchev–Trinajstić information content (AvgIpc) is 2.49. The molecule has 0 saturated carbocycles. The average molecular weight is 277 g/mol. The second-order valence-electron chi connectivity index (χ2n) is 6.00. The Balaban J connectivity index is 1.73. The molecule has 2 fully saturated rings. The Kier molecular flexibility index (Phi) is 4.22. The van der Waals surface area contributed by atoms with Crippen molar-refractivity contribution in [2.45, 2.75) is 25.3 Å². The first-order valence-electron chi connectivity index (χ1n) is 7.70. The monoisotopic (exact) mass is 277 g/mol. The second-order valence-corrected chi connectivity index (χ2v) is 6.00. The Hall–Kier alpha value is -1.13. The molecule has 0 spiro atoms. The van der Waals surface area contributed by atoms with E-state index >= 15 is 0 Å². The van der Waals surface area contributed by atoms with E-state index in [1.807, 2.05) is 6.07 Å². The van der Waals surface area contributed by atoms with E-state index in [1.54, 1.807) is 6.07 Å². The number of nitrogens with one attached hydrogen (secondary N) is 1. The van der Waals surface area contributed by atoms with Crippen molar-refractivity contribution < 1.29 is 4.39 Å². The second kappa shape index (κ2) is 6.10. The van der Waals surface area contributed by atoms with Crippen LogP contribution in [0.1, 0.15) is 30.9 Å². The lowest BCUT2D eigenvalue weighted by Crippen LogP contribution is -2.44. The number of nitrogens with zero attached hydrogens (tertiary/aromatic N) is 2. The smallest absolute Gasteiger partial charge is 0.146 e. The van der Waals surface area contributed by atoms with Crippen LogP contribution in [0.4, 0.5) is 10.1 Å². The summed E-state index contributed by atoms with van der Waals surface area (Å²) in [7, 11) is 2.12. The van der Waals surface area contributed by atoms with Crippen LogP contribution >= 0.6 is 0 Å². The van der Waals surface area contributed by atoms with E-state index in [1.165, 1.54) is 12.8 Å². The molecule has 0 amide bonds. The Morgan fingerprint density at radius 1 is 1.15 bits per heavy atom. The zero-order chi connectivity index (χ0) is 13.9. The van der Waals surface area contributed by atoms with Crippen LogP contribution in [0.2, 0.25) is 0 Å². The van der Waals surface area contributed by atoms with Gasteiger partial charge in [-0.05, 0) is 44.1 Å². The lowest BCUT2D eigenvalue weighted by Gasteiger charge is -2.34. The molecule has 0 aromatic heterocycles. The van der Waals surface area contributed by atoms with Crippen molar-refractivity contribution in [1.29, 1.82) is 0 Å². The fourth-order valence-electron chi connectivity index (χ4n) is 3.18. The molecule has 4 heteroatoms. The summed E-state index contributed by atoms with van der Waals surface area (Å²) in [5.74, 6) is -0.0700. The lowest BCUT2D eigenvalue weighted by molar-refractivity contribution is 0.311. The zero-order valence-corrected chi connectivity index (χ0v) is 12.2. The molecule has 0 bridgehead atoms. The van der Waals surface area contributed by atoms with Crippen LogP contribution in [0.25, 0.3) is 0 Å². The van der Waals surface area contributed by atoms with Crippen molar-refractivity contribution >= 4 is 5.69 Å². The molecule has 0 radical (unpaired) electrons. The Bertz CT molecular complexity index is 449. The quantitative estimate of drug-likeness (QED) is 0.895. The van der Waals surface area contributed by atoms with E-state index in [0.717, 1.165) is 50.4 Å². The fourth-order valence-corrected chi connectivity index (χ4v) is 3.18. The summed E-state index contributed by atoms with van der Waals surface area (Å²) in [4.78, 5) is 4.45. The number of halogens is 1. The van der Waals surface area contributed by atoms with E-state index in [4.69, 9.17) is 0 Å². The van der Waals surface area contributed by atoms with Crippen molar-refractivity contribution in [3.8, 4) is 0 Å². The van der Waals surface area contributed by atoms with Gasteiger partial charge in [-0.3, -0.25) is 0 Å². The number of benzene rings is 1. The number of piperazine rings is 1. The molecule has 1 atom stereocenters. The first-order chi connectivity index (χ1) is 9.74. The maximum absolute atomic E-state index is 14.4. The van der Waals surface area contributed by atoms with Crippen molar-refractivity contribution in [2.24, 2.45) is 0 Å². The predicted octanol–water partition coefficient (Wildman–Crippen LogP) is 2.39. The van der Waals surface area contributed by atoms with Gasteiger partial charge in [0, 0.05) is 32.2 Å². The Morgan fingerprint density at radius 2 is 1.95 bits per heavy atom. The molecule has 1 N–H and O–H groups in total. The van der Waals surface area contributed by atoms with Gasteiger partial charge < -0.3 is 15.1 Å². The van der Waals surface area contributed by atoms with Gasteiger partial charge in [-0.1, -0.05) is 12.5 Å². The standard InChI is InChI=1S/C16H24FN3/c1-19-8-10-20(11-9-19)16-6-5-13(12-14(16)17)15-4-2-3-7-18-15/h5-6,12,15,18H,2-4,7-11H2,1H3. The molecular weight excluding hydrogens is 253 g/mol. The molecule has 2 aliphatic rings. The predicted molar refractivity (Wildman–Crippen MR) is 80.7 cm³/mol. The number of hydrogen-bond acceptors (Lipinski definition) is 3. The molecule has 2 saturated heterocycles. The van der Waals surface area contributed by atoms with Gasteiger partial charge in [0.05, 0.1) is 5.69 Å². The minimum Gasteiger partial charge on any atom is -0.367 e. The van der Waals surface area contributed by atoms with Crippen molar-refractivity contribution in [1.82, 2.24) is 10.2 Å². The summed E-state index contributed by atoms with van der Waals surface area (Å²) in [6, 6.07) is 6.13. The molecule has 3 rings (SSSR count). The molecule has 110 valence electrons. The van der Waals surface area contributed by atoms with Crippen LogP contribution in [-0.4, -0.2) is 44.7 Å². The van der Waals surface area contributed by atoms with Crippen LogP contribution in [0.5, 0.6) is 0 Å². The van der Waals surface area contributed by atoms with Gasteiger partial charge in [0.15, 0.2) is 0 Å².